The summed E-state index contributed by atoms with van der Waals surface area (Å²) in [6, 6.07) is 7.86. The van der Waals surface area contributed by atoms with Crippen molar-refractivity contribution in [1.82, 2.24) is 5.32 Å². The van der Waals surface area contributed by atoms with Gasteiger partial charge in [0.1, 0.15) is 5.75 Å². The second-order valence-electron chi connectivity index (χ2n) is 6.08. The molecule has 7 heteroatoms. The van der Waals surface area contributed by atoms with Gasteiger partial charge in [-0.05, 0) is 12.1 Å². The Bertz CT molecular complexity index is 522. The maximum Gasteiger partial charge on any atom is 0.195 e. The first-order valence-electron chi connectivity index (χ1n) is 7.92. The van der Waals surface area contributed by atoms with Crippen molar-refractivity contribution in [3.8, 4) is 5.75 Å². The fourth-order valence-corrected chi connectivity index (χ4v) is 2.22. The maximum atomic E-state index is 5.71. The predicted octanol–water partition coefficient (Wildman–Crippen LogP) is 2.74. The molecule has 0 radical (unpaired) electrons. The van der Waals surface area contributed by atoms with Crippen LogP contribution in [0.5, 0.6) is 5.75 Å². The van der Waals surface area contributed by atoms with Crippen LogP contribution in [0.3, 0.4) is 0 Å². The van der Waals surface area contributed by atoms with E-state index in [1.165, 1.54) is 0 Å². The number of hydrogen-bond acceptors (Lipinski definition) is 4. The molecule has 0 unspecified atom stereocenters. The summed E-state index contributed by atoms with van der Waals surface area (Å²) in [6.45, 7) is 5.97. The summed E-state index contributed by atoms with van der Waals surface area (Å²) in [5.41, 5.74) is 1.14. The minimum Gasteiger partial charge on any atom is -0.493 e. The van der Waals surface area contributed by atoms with Gasteiger partial charge in [0.25, 0.3) is 0 Å². The Labute approximate surface area is 161 Å². The molecule has 0 saturated carbocycles. The third-order valence-corrected chi connectivity index (χ3v) is 3.67. The average Bonchev–Trinajstić information content (AvgIpc) is 2.54. The van der Waals surface area contributed by atoms with E-state index in [1.54, 1.807) is 14.2 Å². The van der Waals surface area contributed by atoms with E-state index in [9.17, 15) is 0 Å². The van der Waals surface area contributed by atoms with Crippen LogP contribution in [0, 0.1) is 5.41 Å². The minimum absolute atomic E-state index is 0. The third-order valence-electron chi connectivity index (χ3n) is 3.67. The summed E-state index contributed by atoms with van der Waals surface area (Å²) >= 11 is 0. The first-order chi connectivity index (χ1) is 11.1. The van der Waals surface area contributed by atoms with Crippen LogP contribution in [0.15, 0.2) is 29.3 Å². The van der Waals surface area contributed by atoms with Crippen molar-refractivity contribution in [2.24, 2.45) is 10.4 Å². The highest BCUT2D eigenvalue weighted by atomic mass is 127. The van der Waals surface area contributed by atoms with Crippen molar-refractivity contribution in [2.75, 3.05) is 52.4 Å². The van der Waals surface area contributed by atoms with Crippen molar-refractivity contribution in [1.29, 1.82) is 0 Å². The molecule has 6 nitrogen and oxygen atoms in total. The van der Waals surface area contributed by atoms with Gasteiger partial charge in [-0.25, -0.2) is 0 Å². The zero-order valence-electron chi connectivity index (χ0n) is 14.6. The van der Waals surface area contributed by atoms with Gasteiger partial charge < -0.3 is 24.8 Å². The van der Waals surface area contributed by atoms with E-state index in [0.717, 1.165) is 43.6 Å². The van der Waals surface area contributed by atoms with Crippen LogP contribution in [-0.4, -0.2) is 53.1 Å². The number of hydrogen-bond donors (Lipinski definition) is 2. The summed E-state index contributed by atoms with van der Waals surface area (Å²) in [7, 11) is 3.46. The maximum absolute atomic E-state index is 5.71. The molecule has 1 saturated heterocycles. The van der Waals surface area contributed by atoms with E-state index in [1.807, 2.05) is 24.3 Å². The summed E-state index contributed by atoms with van der Waals surface area (Å²) in [4.78, 5) is 4.26. The van der Waals surface area contributed by atoms with Crippen LogP contribution in [0.1, 0.15) is 13.3 Å². The number of methoxy groups -OCH3 is 1. The van der Waals surface area contributed by atoms with Crippen LogP contribution >= 0.6 is 24.0 Å². The highest BCUT2D eigenvalue weighted by Crippen LogP contribution is 2.25. The van der Waals surface area contributed by atoms with Crippen molar-refractivity contribution in [3.05, 3.63) is 24.3 Å². The Morgan fingerprint density at radius 3 is 2.75 bits per heavy atom. The minimum atomic E-state index is 0. The standard InChI is InChI=1S/C17H27N3O3.HI/c1-17(12-22-13-17)11-19-16(18-2)20-14-6-4-7-15(10-14)23-9-5-8-21-3;/h4,6-7,10H,5,8-9,11-13H2,1-3H3,(H2,18,19,20);1H. The molecular weight excluding hydrogens is 421 g/mol. The monoisotopic (exact) mass is 449 g/mol. The molecule has 2 N–H and O–H groups in total. The lowest BCUT2D eigenvalue weighted by atomic mass is 9.89. The Hall–Kier alpha value is -1.06. The molecule has 1 aliphatic rings. The zero-order valence-corrected chi connectivity index (χ0v) is 17.0. The molecule has 0 aliphatic carbocycles. The van der Waals surface area contributed by atoms with E-state index in [2.05, 4.69) is 22.5 Å². The fraction of sp³-hybridized carbons (Fsp3) is 0.588. The van der Waals surface area contributed by atoms with Gasteiger partial charge in [0.15, 0.2) is 5.96 Å². The quantitative estimate of drug-likeness (QED) is 0.277. The molecule has 24 heavy (non-hydrogen) atoms. The predicted molar refractivity (Wildman–Crippen MR) is 108 cm³/mol. The van der Waals surface area contributed by atoms with Gasteiger partial charge in [-0.15, -0.1) is 24.0 Å². The Morgan fingerprint density at radius 2 is 2.12 bits per heavy atom. The lowest BCUT2D eigenvalue weighted by Crippen LogP contribution is -2.49. The van der Waals surface area contributed by atoms with Gasteiger partial charge in [0, 0.05) is 50.9 Å². The second kappa shape index (κ2) is 10.7. The van der Waals surface area contributed by atoms with E-state index in [0.29, 0.717) is 13.2 Å². The molecule has 0 bridgehead atoms. The molecule has 1 heterocycles. The van der Waals surface area contributed by atoms with Gasteiger partial charge in [-0.1, -0.05) is 13.0 Å². The van der Waals surface area contributed by atoms with Crippen LogP contribution < -0.4 is 15.4 Å². The molecule has 0 amide bonds. The lowest BCUT2D eigenvalue weighted by molar-refractivity contribution is -0.0970. The van der Waals surface area contributed by atoms with Crippen LogP contribution in [0.25, 0.3) is 0 Å². The highest BCUT2D eigenvalue weighted by Gasteiger charge is 2.33. The topological polar surface area (TPSA) is 64.1 Å². The second-order valence-corrected chi connectivity index (χ2v) is 6.08. The third kappa shape index (κ3) is 6.82. The van der Waals surface area contributed by atoms with Gasteiger partial charge >= 0.3 is 0 Å². The zero-order chi connectivity index (χ0) is 16.5. The fourth-order valence-electron chi connectivity index (χ4n) is 2.22. The van der Waals surface area contributed by atoms with Gasteiger partial charge in [0.05, 0.1) is 19.8 Å². The molecule has 0 aromatic heterocycles. The number of rotatable bonds is 8. The molecule has 2 rings (SSSR count). The molecule has 1 fully saturated rings. The first kappa shape index (κ1) is 21.0. The van der Waals surface area contributed by atoms with Crippen molar-refractivity contribution in [2.45, 2.75) is 13.3 Å². The number of anilines is 1. The first-order valence-corrected chi connectivity index (χ1v) is 7.92. The molecular formula is C17H28IN3O3. The summed E-state index contributed by atoms with van der Waals surface area (Å²) in [5, 5.41) is 6.63. The highest BCUT2D eigenvalue weighted by molar-refractivity contribution is 14.0. The van der Waals surface area contributed by atoms with Gasteiger partial charge in [-0.2, -0.15) is 0 Å². The normalized spacial score (nSPS) is 15.9. The summed E-state index contributed by atoms with van der Waals surface area (Å²) in [6.07, 6.45) is 0.873. The van der Waals surface area contributed by atoms with Crippen LogP contribution in [0.2, 0.25) is 0 Å². The molecule has 1 aromatic carbocycles. The smallest absolute Gasteiger partial charge is 0.195 e. The summed E-state index contributed by atoms with van der Waals surface area (Å²) < 4.78 is 16.0. The van der Waals surface area contributed by atoms with E-state index < -0.39 is 0 Å². The SMILES string of the molecule is CN=C(NCC1(C)COC1)Nc1cccc(OCCCOC)c1.I. The largest absolute Gasteiger partial charge is 0.493 e. The number of nitrogens with zero attached hydrogens (tertiary/aromatic N) is 1. The van der Waals surface area contributed by atoms with E-state index in [-0.39, 0.29) is 29.4 Å². The number of nitrogens with one attached hydrogen (secondary N) is 2. The average molecular weight is 449 g/mol. The Balaban J connectivity index is 0.00000288. The Morgan fingerprint density at radius 1 is 1.33 bits per heavy atom. The number of halogens is 1. The van der Waals surface area contributed by atoms with Crippen molar-refractivity contribution < 1.29 is 14.2 Å². The van der Waals surface area contributed by atoms with Gasteiger partial charge in [-0.3, -0.25) is 4.99 Å². The van der Waals surface area contributed by atoms with E-state index >= 15 is 0 Å². The number of ether oxygens (including phenoxy) is 3. The van der Waals surface area contributed by atoms with Crippen LogP contribution in [0.4, 0.5) is 5.69 Å². The molecule has 1 aliphatic heterocycles. The van der Waals surface area contributed by atoms with Crippen molar-refractivity contribution in [3.63, 3.8) is 0 Å². The van der Waals surface area contributed by atoms with Crippen molar-refractivity contribution >= 4 is 35.6 Å². The molecule has 136 valence electrons. The van der Waals surface area contributed by atoms with Gasteiger partial charge in [0.2, 0.25) is 0 Å². The number of benzene rings is 1. The molecule has 0 spiro atoms. The number of guanidine groups is 1. The Kier molecular flexibility index (Phi) is 9.38. The number of aliphatic imine (C=N–C) groups is 1. The molecule has 0 atom stereocenters. The summed E-state index contributed by atoms with van der Waals surface area (Å²) in [5.74, 6) is 1.58. The molecule has 1 aromatic rings. The van der Waals surface area contributed by atoms with Crippen LogP contribution in [-0.2, 0) is 9.47 Å². The lowest BCUT2D eigenvalue weighted by Gasteiger charge is -2.38. The van der Waals surface area contributed by atoms with E-state index in [4.69, 9.17) is 14.2 Å².